The Morgan fingerprint density at radius 1 is 0.623 bits per heavy atom. The first-order valence-electron chi connectivity index (χ1n) is 17.5. The molecule has 2 aliphatic heterocycles. The molecule has 10 bridgehead atoms. The SMILES string of the molecule is CCC1=C(C)c2nc1cc1ccc([nH]1)c(-c1ccc([N+](=O)[O-])cc1)c1nc(c(-c3ccc([N+](=O)[O-])cc3)c3ccc(cc4[nH]c2c(C)c4CC)[nH]3)C=C1. The second kappa shape index (κ2) is 13.0. The maximum absolute atomic E-state index is 11.5. The van der Waals surface area contributed by atoms with Gasteiger partial charge in [0.25, 0.3) is 11.4 Å². The van der Waals surface area contributed by atoms with Gasteiger partial charge in [-0.2, -0.15) is 0 Å². The van der Waals surface area contributed by atoms with Gasteiger partial charge in [-0.05, 0) is 133 Å². The van der Waals surface area contributed by atoms with Gasteiger partial charge in [0.05, 0.1) is 38.1 Å². The first-order chi connectivity index (χ1) is 25.6. The summed E-state index contributed by atoms with van der Waals surface area (Å²) in [6.45, 7) is 8.57. The topological polar surface area (TPSA) is 159 Å². The molecule has 11 nitrogen and oxygen atoms in total. The second-order valence-electron chi connectivity index (χ2n) is 13.2. The van der Waals surface area contributed by atoms with Crippen molar-refractivity contribution in [3.05, 3.63) is 139 Å². The van der Waals surface area contributed by atoms with Crippen molar-refractivity contribution in [2.45, 2.75) is 40.5 Å². The number of aromatic nitrogens is 5. The fourth-order valence-corrected chi connectivity index (χ4v) is 7.50. The number of aromatic amines is 3. The van der Waals surface area contributed by atoms with Crippen LogP contribution in [0.1, 0.15) is 61.1 Å². The Bertz CT molecular complexity index is 2770. The van der Waals surface area contributed by atoms with E-state index in [-0.39, 0.29) is 11.4 Å². The van der Waals surface area contributed by atoms with E-state index < -0.39 is 9.85 Å². The van der Waals surface area contributed by atoms with Gasteiger partial charge in [-0.25, -0.2) is 9.97 Å². The summed E-state index contributed by atoms with van der Waals surface area (Å²) >= 11 is 0. The lowest BCUT2D eigenvalue weighted by Crippen LogP contribution is -1.90. The van der Waals surface area contributed by atoms with Crippen molar-refractivity contribution in [3.8, 4) is 22.3 Å². The Kier molecular flexibility index (Phi) is 8.18. The number of nitrogens with zero attached hydrogens (tertiary/aromatic N) is 4. The summed E-state index contributed by atoms with van der Waals surface area (Å²) in [6.07, 6.45) is 5.50. The summed E-state index contributed by atoms with van der Waals surface area (Å²) < 4.78 is 0. The number of allylic oxidation sites excluding steroid dienone is 2. The molecule has 11 heteroatoms. The largest absolute Gasteiger partial charge is 0.355 e. The molecule has 3 N–H and O–H groups in total. The van der Waals surface area contributed by atoms with Crippen LogP contribution in [0.4, 0.5) is 11.4 Å². The van der Waals surface area contributed by atoms with E-state index >= 15 is 0 Å². The number of fused-ring (bicyclic) bond motifs is 11. The van der Waals surface area contributed by atoms with Gasteiger partial charge in [0.2, 0.25) is 0 Å². The van der Waals surface area contributed by atoms with Crippen molar-refractivity contribution < 1.29 is 9.85 Å². The number of nitro benzene ring substituents is 2. The van der Waals surface area contributed by atoms with Crippen LogP contribution in [-0.4, -0.2) is 34.8 Å². The normalized spacial score (nSPS) is 12.5. The molecular formula is C42H35N7O4. The van der Waals surface area contributed by atoms with Gasteiger partial charge in [0.15, 0.2) is 0 Å². The standard InChI is InChI=1S/C42H35N7O4/c1-5-31-23(3)41-42-24(4)32(6-2)38(47-42)22-28-12-18-34(44-28)40(26-9-15-30(16-10-26)49(52)53)36-20-19-35(45-36)39(25-7-13-29(14-8-25)48(50)51)33-17-11-27(43-33)21-37(31)46-41/h7-22,43-44,46H,5-6H2,1-4H3. The Morgan fingerprint density at radius 3 is 1.64 bits per heavy atom. The average Bonchev–Trinajstić information content (AvgIpc) is 3.99. The number of hydrogen-bond donors (Lipinski definition) is 3. The van der Waals surface area contributed by atoms with Crippen LogP contribution >= 0.6 is 0 Å². The molecule has 0 unspecified atom stereocenters. The highest BCUT2D eigenvalue weighted by Crippen LogP contribution is 2.38. The van der Waals surface area contributed by atoms with E-state index in [1.165, 1.54) is 35.4 Å². The van der Waals surface area contributed by atoms with Crippen LogP contribution < -0.4 is 0 Å². The molecule has 6 heterocycles. The molecular weight excluding hydrogens is 667 g/mol. The second-order valence-corrected chi connectivity index (χ2v) is 13.2. The van der Waals surface area contributed by atoms with Gasteiger partial charge >= 0.3 is 0 Å². The molecule has 8 rings (SSSR count). The number of nitrogens with one attached hydrogen (secondary N) is 3. The van der Waals surface area contributed by atoms with Crippen LogP contribution in [0.15, 0.2) is 84.9 Å². The zero-order valence-electron chi connectivity index (χ0n) is 29.6. The molecule has 6 aromatic rings. The smallest absolute Gasteiger partial charge is 0.269 e. The first kappa shape index (κ1) is 33.3. The fourth-order valence-electron chi connectivity index (χ4n) is 7.50. The third-order valence-corrected chi connectivity index (χ3v) is 10.1. The third kappa shape index (κ3) is 5.81. The first-order valence-corrected chi connectivity index (χ1v) is 17.5. The van der Waals surface area contributed by atoms with Crippen LogP contribution in [0.25, 0.3) is 78.7 Å². The third-order valence-electron chi connectivity index (χ3n) is 10.1. The number of aryl methyl sites for hydroxylation is 2. The molecule has 0 fully saturated rings. The molecule has 2 aromatic carbocycles. The van der Waals surface area contributed by atoms with Crippen molar-refractivity contribution in [2.75, 3.05) is 0 Å². The summed E-state index contributed by atoms with van der Waals surface area (Å²) in [5.41, 5.74) is 16.1. The maximum atomic E-state index is 11.5. The van der Waals surface area contributed by atoms with Crippen LogP contribution in [0.5, 0.6) is 0 Å². The van der Waals surface area contributed by atoms with Crippen LogP contribution in [-0.2, 0) is 6.42 Å². The number of H-pyrrole nitrogens is 3. The monoisotopic (exact) mass is 701 g/mol. The number of hydrogen-bond acceptors (Lipinski definition) is 6. The van der Waals surface area contributed by atoms with Gasteiger partial charge in [0, 0.05) is 63.0 Å². The summed E-state index contributed by atoms with van der Waals surface area (Å²) in [6, 6.07) is 25.1. The summed E-state index contributed by atoms with van der Waals surface area (Å²) in [7, 11) is 0. The highest BCUT2D eigenvalue weighted by atomic mass is 16.6. The van der Waals surface area contributed by atoms with Gasteiger partial charge in [0.1, 0.15) is 0 Å². The zero-order valence-corrected chi connectivity index (χ0v) is 29.6. The predicted molar refractivity (Wildman–Crippen MR) is 212 cm³/mol. The molecule has 2 aliphatic rings. The minimum atomic E-state index is -0.415. The van der Waals surface area contributed by atoms with E-state index in [0.717, 1.165) is 90.7 Å². The Hall–Kier alpha value is -6.88. The lowest BCUT2D eigenvalue weighted by atomic mass is 10.0. The number of nitro groups is 2. The predicted octanol–water partition coefficient (Wildman–Crippen LogP) is 10.9. The van der Waals surface area contributed by atoms with E-state index in [1.807, 2.05) is 36.4 Å². The molecule has 53 heavy (non-hydrogen) atoms. The van der Waals surface area contributed by atoms with E-state index in [1.54, 1.807) is 24.3 Å². The van der Waals surface area contributed by atoms with Gasteiger partial charge in [-0.15, -0.1) is 0 Å². The van der Waals surface area contributed by atoms with E-state index in [2.05, 4.69) is 54.8 Å². The average molecular weight is 702 g/mol. The molecule has 4 aromatic heterocycles. The van der Waals surface area contributed by atoms with Crippen molar-refractivity contribution >= 4 is 67.8 Å². The zero-order chi connectivity index (χ0) is 37.0. The quantitative estimate of drug-likeness (QED) is 0.115. The minimum Gasteiger partial charge on any atom is -0.355 e. The highest BCUT2D eigenvalue weighted by molar-refractivity contribution is 5.98. The van der Waals surface area contributed by atoms with Gasteiger partial charge < -0.3 is 15.0 Å². The summed E-state index contributed by atoms with van der Waals surface area (Å²) in [5, 5.41) is 23.1. The van der Waals surface area contributed by atoms with Crippen molar-refractivity contribution in [1.29, 1.82) is 0 Å². The summed E-state index contributed by atoms with van der Waals surface area (Å²) in [5.74, 6) is 0. The molecule has 0 atom stereocenters. The van der Waals surface area contributed by atoms with Crippen molar-refractivity contribution in [2.24, 2.45) is 0 Å². The molecule has 0 amide bonds. The number of benzene rings is 2. The van der Waals surface area contributed by atoms with Gasteiger partial charge in [-0.3, -0.25) is 20.2 Å². The number of non-ortho nitro benzene ring substituents is 2. The van der Waals surface area contributed by atoms with Crippen LogP contribution in [0.3, 0.4) is 0 Å². The van der Waals surface area contributed by atoms with Crippen LogP contribution in [0, 0.1) is 27.2 Å². The highest BCUT2D eigenvalue weighted by Gasteiger charge is 2.21. The fraction of sp³-hybridized carbons (Fsp3) is 0.143. The molecule has 262 valence electrons. The minimum absolute atomic E-state index is 0.00659. The van der Waals surface area contributed by atoms with Gasteiger partial charge in [-0.1, -0.05) is 13.8 Å². The number of rotatable bonds is 6. The Labute approximate surface area is 303 Å². The Balaban J connectivity index is 1.52. The van der Waals surface area contributed by atoms with E-state index in [4.69, 9.17) is 9.97 Å². The lowest BCUT2D eigenvalue weighted by molar-refractivity contribution is -0.385. The van der Waals surface area contributed by atoms with Crippen LogP contribution in [0.2, 0.25) is 0 Å². The Morgan fingerprint density at radius 2 is 1.15 bits per heavy atom. The summed E-state index contributed by atoms with van der Waals surface area (Å²) in [4.78, 5) is 43.5. The van der Waals surface area contributed by atoms with E-state index in [9.17, 15) is 20.2 Å². The molecule has 0 radical (unpaired) electrons. The maximum Gasteiger partial charge on any atom is 0.269 e. The lowest BCUT2D eigenvalue weighted by Gasteiger charge is -2.05. The van der Waals surface area contributed by atoms with Crippen molar-refractivity contribution in [3.63, 3.8) is 0 Å². The molecule has 0 saturated heterocycles. The van der Waals surface area contributed by atoms with Crippen molar-refractivity contribution in [1.82, 2.24) is 24.9 Å². The molecule has 0 saturated carbocycles. The molecule has 0 aliphatic carbocycles. The molecule has 0 spiro atoms. The van der Waals surface area contributed by atoms with E-state index in [0.29, 0.717) is 11.4 Å².